The zero-order chi connectivity index (χ0) is 6.41. The maximum atomic E-state index is 9.91. The summed E-state index contributed by atoms with van der Waals surface area (Å²) in [6.45, 7) is 1.86. The molecular weight excluding hydrogens is 104 g/mol. The van der Waals surface area contributed by atoms with Crippen LogP contribution in [0.4, 0.5) is 0 Å². The molecule has 0 fully saturated rings. The Hall–Kier alpha value is -0.0800. The first kappa shape index (κ1) is 7.92. The van der Waals surface area contributed by atoms with E-state index < -0.39 is 0 Å². The van der Waals surface area contributed by atoms with Gasteiger partial charge in [0.1, 0.15) is 0 Å². The van der Waals surface area contributed by atoms with Gasteiger partial charge in [-0.05, 0) is 18.8 Å². The van der Waals surface area contributed by atoms with Gasteiger partial charge in [0, 0.05) is 0 Å². The van der Waals surface area contributed by atoms with E-state index in [1.165, 1.54) is 0 Å². The summed E-state index contributed by atoms with van der Waals surface area (Å²) in [7, 11) is 0. The van der Waals surface area contributed by atoms with Gasteiger partial charge in [-0.3, -0.25) is 0 Å². The van der Waals surface area contributed by atoms with Gasteiger partial charge >= 0.3 is 0 Å². The van der Waals surface area contributed by atoms with Gasteiger partial charge in [-0.2, -0.15) is 0 Å². The number of rotatable bonds is 4. The van der Waals surface area contributed by atoms with Crippen LogP contribution in [0.3, 0.4) is 0 Å². The number of hydrogen-bond donors (Lipinski definition) is 0. The van der Waals surface area contributed by atoms with Crippen LogP contribution in [-0.4, -0.2) is 13.2 Å². The maximum absolute atomic E-state index is 9.91. The maximum Gasteiger partial charge on any atom is 0.0824 e. The Labute approximate surface area is 50.2 Å². The van der Waals surface area contributed by atoms with E-state index in [4.69, 9.17) is 0 Å². The third-order valence-corrected chi connectivity index (χ3v) is 1.22. The molecule has 2 nitrogen and oxygen atoms in total. The lowest BCUT2D eigenvalue weighted by atomic mass is 10.1. The molecule has 0 heterocycles. The molecule has 0 aliphatic rings. The van der Waals surface area contributed by atoms with Crippen molar-refractivity contribution in [3.8, 4) is 0 Å². The summed E-state index contributed by atoms with van der Waals surface area (Å²) in [5.74, 6) is 0.338. The largest absolute Gasteiger partial charge is 0.237 e. The van der Waals surface area contributed by atoms with Crippen LogP contribution in [0.25, 0.3) is 0 Å². The highest BCUT2D eigenvalue weighted by Gasteiger charge is 1.98. The van der Waals surface area contributed by atoms with Crippen LogP contribution in [0.5, 0.6) is 0 Å². The van der Waals surface area contributed by atoms with Gasteiger partial charge in [-0.15, -0.1) is 0 Å². The second-order valence-electron chi connectivity index (χ2n) is 2.09. The normalized spacial score (nSPS) is 10.5. The summed E-state index contributed by atoms with van der Waals surface area (Å²) >= 11 is 0. The first-order chi connectivity index (χ1) is 3.81. The molecule has 2 heteroatoms. The number of hydrogen-bond acceptors (Lipinski definition) is 0. The Bertz CT molecular complexity index is 39.8. The highest BCUT2D eigenvalue weighted by molar-refractivity contribution is 4.48. The van der Waals surface area contributed by atoms with Crippen LogP contribution in [-0.2, 0) is 10.2 Å². The van der Waals surface area contributed by atoms with Gasteiger partial charge in [-0.1, -0.05) is 6.92 Å². The highest BCUT2D eigenvalue weighted by atomic mass is 16.3. The lowest BCUT2D eigenvalue weighted by Crippen LogP contribution is -1.98. The summed E-state index contributed by atoms with van der Waals surface area (Å²) in [6, 6.07) is 0. The van der Waals surface area contributed by atoms with Gasteiger partial charge in [0.25, 0.3) is 0 Å². The summed E-state index contributed by atoms with van der Waals surface area (Å²) in [6.07, 6.45) is 1.31. The van der Waals surface area contributed by atoms with Crippen LogP contribution < -0.4 is 0 Å². The predicted molar refractivity (Wildman–Crippen MR) is 29.5 cm³/mol. The Kier molecular flexibility index (Phi) is 5.01. The molecule has 8 heavy (non-hydrogen) atoms. The summed E-state index contributed by atoms with van der Waals surface area (Å²) in [4.78, 5) is 0. The van der Waals surface area contributed by atoms with Gasteiger partial charge < -0.3 is 0 Å². The Morgan fingerprint density at radius 1 is 1.12 bits per heavy atom. The van der Waals surface area contributed by atoms with E-state index in [2.05, 4.69) is 0 Å². The predicted octanol–water partition coefficient (Wildman–Crippen LogP) is 1.26. The van der Waals surface area contributed by atoms with Crippen molar-refractivity contribution in [3.63, 3.8) is 0 Å². The van der Waals surface area contributed by atoms with E-state index in [1.807, 2.05) is 6.92 Å². The van der Waals surface area contributed by atoms with Crippen molar-refractivity contribution >= 4 is 0 Å². The first-order valence-corrected chi connectivity index (χ1v) is 2.97. The molecule has 0 amide bonds. The van der Waals surface area contributed by atoms with E-state index in [9.17, 15) is 10.2 Å². The molecule has 48 valence electrons. The molecule has 0 bridgehead atoms. The summed E-state index contributed by atoms with van der Waals surface area (Å²) in [5.41, 5.74) is 0. The van der Waals surface area contributed by atoms with Gasteiger partial charge in [0.05, 0.1) is 13.2 Å². The van der Waals surface area contributed by atoms with Crippen molar-refractivity contribution in [1.29, 1.82) is 0 Å². The highest BCUT2D eigenvalue weighted by Crippen LogP contribution is 2.04. The standard InChI is InChI=1S/C6H12O2/c1-6(2-4-7)3-5-8/h6H,2-5H2,1H3. The molecule has 0 rings (SSSR count). The smallest absolute Gasteiger partial charge is 0.0824 e. The molecule has 0 aliphatic carbocycles. The lowest BCUT2D eigenvalue weighted by Gasteiger charge is -2.02. The van der Waals surface area contributed by atoms with Crippen molar-refractivity contribution in [2.24, 2.45) is 5.92 Å². The quantitative estimate of drug-likeness (QED) is 0.530. The SMILES string of the molecule is CC(CC[O])CC[O]. The average Bonchev–Trinajstić information content (AvgIpc) is 1.68. The first-order valence-electron chi connectivity index (χ1n) is 2.97. The van der Waals surface area contributed by atoms with Crippen molar-refractivity contribution in [1.82, 2.24) is 0 Å². The summed E-state index contributed by atoms with van der Waals surface area (Å²) in [5, 5.41) is 19.8. The van der Waals surface area contributed by atoms with Crippen LogP contribution in [0.15, 0.2) is 0 Å². The molecular formula is C6H12O2. The average molecular weight is 116 g/mol. The molecule has 0 aliphatic heterocycles. The van der Waals surface area contributed by atoms with Crippen molar-refractivity contribution in [3.05, 3.63) is 0 Å². The van der Waals surface area contributed by atoms with Crippen LogP contribution >= 0.6 is 0 Å². The Balaban J connectivity index is 2.92. The van der Waals surface area contributed by atoms with Gasteiger partial charge in [0.15, 0.2) is 0 Å². The molecule has 0 saturated heterocycles. The minimum atomic E-state index is -0.0405. The lowest BCUT2D eigenvalue weighted by molar-refractivity contribution is 0.143. The zero-order valence-electron chi connectivity index (χ0n) is 5.22. The molecule has 0 aromatic carbocycles. The molecule has 0 unspecified atom stereocenters. The third kappa shape index (κ3) is 4.09. The van der Waals surface area contributed by atoms with Gasteiger partial charge in [-0.25, -0.2) is 10.2 Å². The van der Waals surface area contributed by atoms with Crippen molar-refractivity contribution < 1.29 is 10.2 Å². The van der Waals surface area contributed by atoms with Crippen LogP contribution in [0.1, 0.15) is 19.8 Å². The summed E-state index contributed by atoms with van der Waals surface area (Å²) < 4.78 is 0. The molecule has 0 spiro atoms. The van der Waals surface area contributed by atoms with Crippen LogP contribution in [0.2, 0.25) is 0 Å². The van der Waals surface area contributed by atoms with E-state index in [0.717, 1.165) is 0 Å². The molecule has 0 atom stereocenters. The molecule has 0 aromatic heterocycles. The molecule has 0 N–H and O–H groups in total. The fraction of sp³-hybridized carbons (Fsp3) is 1.00. The Morgan fingerprint density at radius 2 is 1.50 bits per heavy atom. The minimum absolute atomic E-state index is 0.0405. The molecule has 2 radical (unpaired) electrons. The van der Waals surface area contributed by atoms with E-state index in [1.54, 1.807) is 0 Å². The third-order valence-electron chi connectivity index (χ3n) is 1.22. The molecule has 0 aromatic rings. The topological polar surface area (TPSA) is 39.8 Å². The Morgan fingerprint density at radius 3 is 1.75 bits per heavy atom. The van der Waals surface area contributed by atoms with Crippen molar-refractivity contribution in [2.75, 3.05) is 13.2 Å². The van der Waals surface area contributed by atoms with E-state index in [-0.39, 0.29) is 13.2 Å². The monoisotopic (exact) mass is 116 g/mol. The zero-order valence-corrected chi connectivity index (χ0v) is 5.22. The fourth-order valence-corrected chi connectivity index (χ4v) is 0.547. The molecule has 0 saturated carbocycles. The van der Waals surface area contributed by atoms with Crippen LogP contribution in [0, 0.1) is 5.92 Å². The second kappa shape index (κ2) is 5.06. The van der Waals surface area contributed by atoms with E-state index >= 15 is 0 Å². The minimum Gasteiger partial charge on any atom is -0.237 e. The van der Waals surface area contributed by atoms with Crippen molar-refractivity contribution in [2.45, 2.75) is 19.8 Å². The fourth-order valence-electron chi connectivity index (χ4n) is 0.547. The van der Waals surface area contributed by atoms with Gasteiger partial charge in [0.2, 0.25) is 0 Å². The second-order valence-corrected chi connectivity index (χ2v) is 2.09. The van der Waals surface area contributed by atoms with E-state index in [0.29, 0.717) is 18.8 Å².